The maximum absolute atomic E-state index is 6.59. The van der Waals surface area contributed by atoms with Gasteiger partial charge in [-0.3, -0.25) is 5.10 Å². The minimum absolute atomic E-state index is 0.514. The quantitative estimate of drug-likeness (QED) is 0.863. The second kappa shape index (κ2) is 6.10. The van der Waals surface area contributed by atoms with Gasteiger partial charge < -0.3 is 4.74 Å². The number of rotatable bonds is 3. The van der Waals surface area contributed by atoms with Crippen molar-refractivity contribution >= 4 is 11.6 Å². The molecule has 1 heterocycles. The van der Waals surface area contributed by atoms with E-state index in [2.05, 4.69) is 17.1 Å². The van der Waals surface area contributed by atoms with Crippen LogP contribution in [-0.4, -0.2) is 17.3 Å². The van der Waals surface area contributed by atoms with Gasteiger partial charge in [-0.05, 0) is 30.9 Å². The molecule has 1 aliphatic rings. The number of ether oxygens (including phenoxy) is 1. The molecular weight excluding hydrogens is 284 g/mol. The fourth-order valence-electron chi connectivity index (χ4n) is 3.12. The lowest BCUT2D eigenvalue weighted by Gasteiger charge is -2.25. The highest BCUT2D eigenvalue weighted by molar-refractivity contribution is 6.33. The lowest BCUT2D eigenvalue weighted by atomic mass is 9.81. The fourth-order valence-corrected chi connectivity index (χ4v) is 3.47. The van der Waals surface area contributed by atoms with Crippen LogP contribution in [0, 0.1) is 5.92 Å². The SMILES string of the molecule is COc1cccc(-c2n[nH]c(C3CCC(C)CC3)c2Cl)c1. The van der Waals surface area contributed by atoms with Gasteiger partial charge in [0.1, 0.15) is 11.4 Å². The van der Waals surface area contributed by atoms with Crippen molar-refractivity contribution in [2.45, 2.75) is 38.5 Å². The zero-order valence-electron chi connectivity index (χ0n) is 12.5. The number of hydrogen-bond acceptors (Lipinski definition) is 2. The normalized spacial score (nSPS) is 22.2. The highest BCUT2D eigenvalue weighted by atomic mass is 35.5. The van der Waals surface area contributed by atoms with Crippen molar-refractivity contribution in [3.63, 3.8) is 0 Å². The van der Waals surface area contributed by atoms with Gasteiger partial charge in [0.2, 0.25) is 0 Å². The summed E-state index contributed by atoms with van der Waals surface area (Å²) in [5, 5.41) is 8.38. The number of halogens is 1. The third kappa shape index (κ3) is 2.93. The van der Waals surface area contributed by atoms with E-state index in [9.17, 15) is 0 Å². The van der Waals surface area contributed by atoms with Gasteiger partial charge in [-0.25, -0.2) is 0 Å². The smallest absolute Gasteiger partial charge is 0.119 e. The zero-order chi connectivity index (χ0) is 14.8. The molecule has 0 aliphatic heterocycles. The summed E-state index contributed by atoms with van der Waals surface area (Å²) < 4.78 is 5.27. The first-order chi connectivity index (χ1) is 10.2. The zero-order valence-corrected chi connectivity index (χ0v) is 13.3. The molecule has 0 atom stereocenters. The van der Waals surface area contributed by atoms with E-state index in [1.54, 1.807) is 7.11 Å². The van der Waals surface area contributed by atoms with Crippen molar-refractivity contribution < 1.29 is 4.74 Å². The Bertz CT molecular complexity index is 615. The molecule has 0 amide bonds. The minimum Gasteiger partial charge on any atom is -0.497 e. The van der Waals surface area contributed by atoms with Crippen LogP contribution in [0.2, 0.25) is 5.02 Å². The van der Waals surface area contributed by atoms with E-state index < -0.39 is 0 Å². The third-order valence-corrected chi connectivity index (χ3v) is 4.88. The van der Waals surface area contributed by atoms with E-state index >= 15 is 0 Å². The van der Waals surface area contributed by atoms with Crippen LogP contribution in [0.5, 0.6) is 5.75 Å². The van der Waals surface area contributed by atoms with Crippen molar-refractivity contribution in [3.8, 4) is 17.0 Å². The van der Waals surface area contributed by atoms with Gasteiger partial charge in [0.25, 0.3) is 0 Å². The molecule has 0 saturated heterocycles. The summed E-state index contributed by atoms with van der Waals surface area (Å²) in [5.41, 5.74) is 2.91. The van der Waals surface area contributed by atoms with E-state index in [1.165, 1.54) is 25.7 Å². The second-order valence-electron chi connectivity index (χ2n) is 5.99. The van der Waals surface area contributed by atoms with Crippen LogP contribution in [0.25, 0.3) is 11.3 Å². The van der Waals surface area contributed by atoms with Crippen LogP contribution >= 0.6 is 11.6 Å². The molecule has 1 aromatic heterocycles. The first-order valence-electron chi connectivity index (χ1n) is 7.57. The van der Waals surface area contributed by atoms with E-state index in [1.807, 2.05) is 24.3 Å². The van der Waals surface area contributed by atoms with Gasteiger partial charge in [0, 0.05) is 11.5 Å². The third-order valence-electron chi connectivity index (χ3n) is 4.50. The Labute approximate surface area is 130 Å². The molecule has 1 N–H and O–H groups in total. The molecule has 2 aromatic rings. The van der Waals surface area contributed by atoms with Gasteiger partial charge in [-0.15, -0.1) is 0 Å². The molecule has 0 radical (unpaired) electrons. The molecule has 0 bridgehead atoms. The number of hydrogen-bond donors (Lipinski definition) is 1. The maximum atomic E-state index is 6.59. The molecule has 4 heteroatoms. The minimum atomic E-state index is 0.514. The summed E-state index contributed by atoms with van der Waals surface area (Å²) >= 11 is 6.59. The molecule has 21 heavy (non-hydrogen) atoms. The summed E-state index contributed by atoms with van der Waals surface area (Å²) in [7, 11) is 1.67. The first-order valence-corrected chi connectivity index (χ1v) is 7.95. The number of aromatic amines is 1. The highest BCUT2D eigenvalue weighted by Crippen LogP contribution is 2.40. The molecular formula is C17H21ClN2O. The maximum Gasteiger partial charge on any atom is 0.119 e. The number of benzene rings is 1. The van der Waals surface area contributed by atoms with E-state index in [4.69, 9.17) is 16.3 Å². The Morgan fingerprint density at radius 1 is 1.24 bits per heavy atom. The number of nitrogens with zero attached hydrogens (tertiary/aromatic N) is 1. The molecule has 1 aromatic carbocycles. The van der Waals surface area contributed by atoms with E-state index in [-0.39, 0.29) is 0 Å². The molecule has 0 spiro atoms. The summed E-state index contributed by atoms with van der Waals surface area (Å²) in [6.45, 7) is 2.33. The van der Waals surface area contributed by atoms with Gasteiger partial charge >= 0.3 is 0 Å². The predicted molar refractivity (Wildman–Crippen MR) is 86.0 cm³/mol. The lowest BCUT2D eigenvalue weighted by Crippen LogP contribution is -2.11. The highest BCUT2D eigenvalue weighted by Gasteiger charge is 2.25. The van der Waals surface area contributed by atoms with Gasteiger partial charge in [0.15, 0.2) is 0 Å². The van der Waals surface area contributed by atoms with Crippen molar-refractivity contribution in [1.29, 1.82) is 0 Å². The van der Waals surface area contributed by atoms with Crippen molar-refractivity contribution in [2.75, 3.05) is 7.11 Å². The Balaban J connectivity index is 1.88. The predicted octanol–water partition coefficient (Wildman–Crippen LogP) is 5.03. The van der Waals surface area contributed by atoms with Crippen LogP contribution in [0.15, 0.2) is 24.3 Å². The van der Waals surface area contributed by atoms with Gasteiger partial charge in [-0.1, -0.05) is 43.5 Å². The van der Waals surface area contributed by atoms with Crippen LogP contribution in [0.1, 0.15) is 44.2 Å². The summed E-state index contributed by atoms with van der Waals surface area (Å²) in [6.07, 6.45) is 4.93. The van der Waals surface area contributed by atoms with Crippen molar-refractivity contribution in [1.82, 2.24) is 10.2 Å². The van der Waals surface area contributed by atoms with Crippen molar-refractivity contribution in [2.24, 2.45) is 5.92 Å². The lowest BCUT2D eigenvalue weighted by molar-refractivity contribution is 0.344. The summed E-state index contributed by atoms with van der Waals surface area (Å²) in [4.78, 5) is 0. The van der Waals surface area contributed by atoms with Crippen LogP contribution < -0.4 is 4.74 Å². The second-order valence-corrected chi connectivity index (χ2v) is 6.37. The monoisotopic (exact) mass is 304 g/mol. The van der Waals surface area contributed by atoms with Crippen molar-refractivity contribution in [3.05, 3.63) is 35.0 Å². The first kappa shape index (κ1) is 14.5. The van der Waals surface area contributed by atoms with E-state index in [0.29, 0.717) is 5.92 Å². The Hall–Kier alpha value is -1.48. The standard InChI is InChI=1S/C17H21ClN2O/c1-11-6-8-12(9-7-11)16-15(18)17(20-19-16)13-4-3-5-14(10-13)21-2/h3-5,10-12H,6-9H2,1-2H3,(H,19,20). The molecule has 112 valence electrons. The van der Waals surface area contributed by atoms with E-state index in [0.717, 1.165) is 33.6 Å². The van der Waals surface area contributed by atoms with Crippen LogP contribution in [0.3, 0.4) is 0 Å². The molecule has 1 aliphatic carbocycles. The Kier molecular flexibility index (Phi) is 4.20. The van der Waals surface area contributed by atoms with Gasteiger partial charge in [-0.2, -0.15) is 5.10 Å². The Morgan fingerprint density at radius 2 is 2.00 bits per heavy atom. The van der Waals surface area contributed by atoms with Crippen LogP contribution in [0.4, 0.5) is 0 Å². The molecule has 1 fully saturated rings. The fraction of sp³-hybridized carbons (Fsp3) is 0.471. The number of methoxy groups -OCH3 is 1. The Morgan fingerprint density at radius 3 is 2.71 bits per heavy atom. The molecule has 3 rings (SSSR count). The molecule has 1 saturated carbocycles. The summed E-state index contributed by atoms with van der Waals surface area (Å²) in [6, 6.07) is 7.86. The molecule has 0 unspecified atom stereocenters. The number of H-pyrrole nitrogens is 1. The topological polar surface area (TPSA) is 37.9 Å². The largest absolute Gasteiger partial charge is 0.497 e. The average Bonchev–Trinajstić information content (AvgIpc) is 2.90. The van der Waals surface area contributed by atoms with Crippen LogP contribution in [-0.2, 0) is 0 Å². The summed E-state index contributed by atoms with van der Waals surface area (Å²) in [5.74, 6) is 2.17. The molecule has 3 nitrogen and oxygen atoms in total. The number of aromatic nitrogens is 2. The average molecular weight is 305 g/mol. The van der Waals surface area contributed by atoms with Gasteiger partial charge in [0.05, 0.1) is 17.8 Å². The number of nitrogens with one attached hydrogen (secondary N) is 1.